The summed E-state index contributed by atoms with van der Waals surface area (Å²) < 4.78 is 23.4. The standard InChI is InChI=1S/C22H26O5/c1-3-18-19(23)20(25-14-16-10-6-4-7-11-16)21(22(24-2)27-18)26-15-17-12-8-5-9-13-17/h3-13,18-23H,1,14-15H2,2H3/t18-,19-,20+,21-,22+/m1/s1. The van der Waals surface area contributed by atoms with Crippen LogP contribution in [0.1, 0.15) is 11.1 Å². The molecule has 0 bridgehead atoms. The van der Waals surface area contributed by atoms with Crippen molar-refractivity contribution in [2.75, 3.05) is 7.11 Å². The summed E-state index contributed by atoms with van der Waals surface area (Å²) in [6.07, 6.45) is -1.80. The number of aliphatic hydroxyl groups excluding tert-OH is 1. The number of benzene rings is 2. The van der Waals surface area contributed by atoms with Crippen LogP contribution in [-0.4, -0.2) is 42.9 Å². The van der Waals surface area contributed by atoms with Crippen LogP contribution in [0.5, 0.6) is 0 Å². The van der Waals surface area contributed by atoms with E-state index in [1.165, 1.54) is 0 Å². The molecule has 1 N–H and O–H groups in total. The third kappa shape index (κ3) is 5.03. The first-order chi connectivity index (χ1) is 13.2. The second kappa shape index (κ2) is 9.78. The van der Waals surface area contributed by atoms with Crippen LogP contribution < -0.4 is 0 Å². The maximum Gasteiger partial charge on any atom is 0.186 e. The van der Waals surface area contributed by atoms with Crippen molar-refractivity contribution in [1.29, 1.82) is 0 Å². The third-order valence-electron chi connectivity index (χ3n) is 4.59. The Kier molecular flexibility index (Phi) is 7.15. The Labute approximate surface area is 160 Å². The molecule has 1 saturated heterocycles. The predicted molar refractivity (Wildman–Crippen MR) is 102 cm³/mol. The molecular formula is C22H26O5. The molecule has 1 fully saturated rings. The number of hydrogen-bond donors (Lipinski definition) is 1. The van der Waals surface area contributed by atoms with Gasteiger partial charge in [0.15, 0.2) is 6.29 Å². The highest BCUT2D eigenvalue weighted by Crippen LogP contribution is 2.28. The summed E-state index contributed by atoms with van der Waals surface area (Å²) in [5.41, 5.74) is 2.04. The molecule has 0 saturated carbocycles. The van der Waals surface area contributed by atoms with E-state index in [2.05, 4.69) is 6.58 Å². The van der Waals surface area contributed by atoms with Crippen LogP contribution in [0.15, 0.2) is 73.3 Å². The van der Waals surface area contributed by atoms with E-state index in [1.54, 1.807) is 13.2 Å². The van der Waals surface area contributed by atoms with E-state index in [-0.39, 0.29) is 0 Å². The zero-order valence-electron chi connectivity index (χ0n) is 15.4. The highest BCUT2D eigenvalue weighted by molar-refractivity contribution is 5.14. The van der Waals surface area contributed by atoms with Crippen molar-refractivity contribution in [3.05, 3.63) is 84.4 Å². The van der Waals surface area contributed by atoms with E-state index in [0.29, 0.717) is 13.2 Å². The largest absolute Gasteiger partial charge is 0.387 e. The average molecular weight is 370 g/mol. The van der Waals surface area contributed by atoms with Gasteiger partial charge in [0, 0.05) is 7.11 Å². The maximum atomic E-state index is 10.7. The first-order valence-electron chi connectivity index (χ1n) is 9.03. The van der Waals surface area contributed by atoms with Gasteiger partial charge in [-0.2, -0.15) is 0 Å². The van der Waals surface area contributed by atoms with Gasteiger partial charge in [0.1, 0.15) is 24.4 Å². The fraction of sp³-hybridized carbons (Fsp3) is 0.364. The minimum absolute atomic E-state index is 0.355. The van der Waals surface area contributed by atoms with Gasteiger partial charge in [-0.1, -0.05) is 66.7 Å². The van der Waals surface area contributed by atoms with Crippen molar-refractivity contribution in [3.8, 4) is 0 Å². The van der Waals surface area contributed by atoms with Gasteiger partial charge < -0.3 is 24.1 Å². The molecular weight excluding hydrogens is 344 g/mol. The lowest BCUT2D eigenvalue weighted by atomic mass is 9.98. The van der Waals surface area contributed by atoms with E-state index in [4.69, 9.17) is 18.9 Å². The molecule has 144 valence electrons. The zero-order valence-corrected chi connectivity index (χ0v) is 15.4. The molecule has 2 aromatic carbocycles. The first kappa shape index (κ1) is 19.7. The van der Waals surface area contributed by atoms with Crippen LogP contribution >= 0.6 is 0 Å². The normalized spacial score (nSPS) is 28.0. The Hall–Kier alpha value is -2.02. The van der Waals surface area contributed by atoms with Crippen LogP contribution in [-0.2, 0) is 32.2 Å². The topological polar surface area (TPSA) is 57.2 Å². The third-order valence-corrected chi connectivity index (χ3v) is 4.59. The molecule has 0 radical (unpaired) electrons. The Morgan fingerprint density at radius 1 is 0.926 bits per heavy atom. The summed E-state index contributed by atoms with van der Waals surface area (Å²) in [4.78, 5) is 0. The summed E-state index contributed by atoms with van der Waals surface area (Å²) >= 11 is 0. The van der Waals surface area contributed by atoms with Crippen LogP contribution in [0.25, 0.3) is 0 Å². The number of hydrogen-bond acceptors (Lipinski definition) is 5. The van der Waals surface area contributed by atoms with Gasteiger partial charge >= 0.3 is 0 Å². The second-order valence-corrected chi connectivity index (χ2v) is 6.45. The molecule has 1 aliphatic rings. The summed E-state index contributed by atoms with van der Waals surface area (Å²) in [7, 11) is 1.55. The number of rotatable bonds is 8. The van der Waals surface area contributed by atoms with Gasteiger partial charge in [-0.3, -0.25) is 0 Å². The number of ether oxygens (including phenoxy) is 4. The van der Waals surface area contributed by atoms with Crippen molar-refractivity contribution in [2.24, 2.45) is 0 Å². The Balaban J connectivity index is 1.74. The molecule has 0 aromatic heterocycles. The summed E-state index contributed by atoms with van der Waals surface area (Å²) in [6, 6.07) is 19.6. The van der Waals surface area contributed by atoms with Crippen LogP contribution in [0, 0.1) is 0 Å². The molecule has 5 heteroatoms. The van der Waals surface area contributed by atoms with Gasteiger partial charge in [0.2, 0.25) is 0 Å². The molecule has 1 aliphatic heterocycles. The SMILES string of the molecule is C=C[C@H]1O[C@H](OC)[C@H](OCc2ccccc2)[C@@H](OCc2ccccc2)[C@@H]1O. The molecule has 0 amide bonds. The van der Waals surface area contributed by atoms with E-state index < -0.39 is 30.7 Å². The number of aliphatic hydroxyl groups is 1. The van der Waals surface area contributed by atoms with Gasteiger partial charge in [0.05, 0.1) is 13.2 Å². The van der Waals surface area contributed by atoms with Gasteiger partial charge in [-0.25, -0.2) is 0 Å². The van der Waals surface area contributed by atoms with E-state index in [0.717, 1.165) is 11.1 Å². The monoisotopic (exact) mass is 370 g/mol. The van der Waals surface area contributed by atoms with Crippen molar-refractivity contribution >= 4 is 0 Å². The van der Waals surface area contributed by atoms with Crippen molar-refractivity contribution in [3.63, 3.8) is 0 Å². The lowest BCUT2D eigenvalue weighted by molar-refractivity contribution is -0.301. The molecule has 5 atom stereocenters. The van der Waals surface area contributed by atoms with Crippen molar-refractivity contribution in [2.45, 2.75) is 43.9 Å². The molecule has 5 nitrogen and oxygen atoms in total. The highest BCUT2D eigenvalue weighted by atomic mass is 16.7. The second-order valence-electron chi connectivity index (χ2n) is 6.45. The van der Waals surface area contributed by atoms with E-state index >= 15 is 0 Å². The quantitative estimate of drug-likeness (QED) is 0.724. The molecule has 27 heavy (non-hydrogen) atoms. The lowest BCUT2D eigenvalue weighted by Gasteiger charge is -2.43. The number of methoxy groups -OCH3 is 1. The fourth-order valence-electron chi connectivity index (χ4n) is 3.13. The summed E-state index contributed by atoms with van der Waals surface area (Å²) in [5, 5.41) is 10.7. The van der Waals surface area contributed by atoms with E-state index in [9.17, 15) is 5.11 Å². The minimum atomic E-state index is -0.904. The zero-order chi connectivity index (χ0) is 19.1. The Morgan fingerprint density at radius 2 is 1.44 bits per heavy atom. The van der Waals surface area contributed by atoms with Gasteiger partial charge in [-0.05, 0) is 11.1 Å². The lowest BCUT2D eigenvalue weighted by Crippen LogP contribution is -2.59. The van der Waals surface area contributed by atoms with Gasteiger partial charge in [-0.15, -0.1) is 6.58 Å². The highest BCUT2D eigenvalue weighted by Gasteiger charge is 2.46. The molecule has 0 unspecified atom stereocenters. The molecule has 0 spiro atoms. The Morgan fingerprint density at radius 3 is 1.93 bits per heavy atom. The fourth-order valence-corrected chi connectivity index (χ4v) is 3.13. The van der Waals surface area contributed by atoms with Crippen molar-refractivity contribution < 1.29 is 24.1 Å². The van der Waals surface area contributed by atoms with Crippen LogP contribution in [0.4, 0.5) is 0 Å². The smallest absolute Gasteiger partial charge is 0.186 e. The minimum Gasteiger partial charge on any atom is -0.387 e. The van der Waals surface area contributed by atoms with Crippen LogP contribution in [0.3, 0.4) is 0 Å². The van der Waals surface area contributed by atoms with E-state index in [1.807, 2.05) is 60.7 Å². The summed E-state index contributed by atoms with van der Waals surface area (Å²) in [5.74, 6) is 0. The first-order valence-corrected chi connectivity index (χ1v) is 9.03. The molecule has 2 aromatic rings. The molecule has 0 aliphatic carbocycles. The summed E-state index contributed by atoms with van der Waals surface area (Å²) in [6.45, 7) is 4.46. The van der Waals surface area contributed by atoms with Crippen LogP contribution in [0.2, 0.25) is 0 Å². The maximum absolute atomic E-state index is 10.7. The molecule has 3 rings (SSSR count). The van der Waals surface area contributed by atoms with Gasteiger partial charge in [0.25, 0.3) is 0 Å². The molecule has 1 heterocycles. The predicted octanol–water partition coefficient (Wildman–Crippen LogP) is 3.08. The average Bonchev–Trinajstić information content (AvgIpc) is 2.73. The van der Waals surface area contributed by atoms with Crippen molar-refractivity contribution in [1.82, 2.24) is 0 Å². The Bertz CT molecular complexity index is 690.